The van der Waals surface area contributed by atoms with Gasteiger partial charge in [0.25, 0.3) is 25.8 Å². The number of rotatable bonds is 20. The van der Waals surface area contributed by atoms with E-state index >= 15 is 0 Å². The molecule has 0 saturated carbocycles. The number of halogens is 5. The summed E-state index contributed by atoms with van der Waals surface area (Å²) in [5, 5.41) is 8.98. The van der Waals surface area contributed by atoms with Gasteiger partial charge >= 0.3 is 5.51 Å². The third-order valence-electron chi connectivity index (χ3n) is 15.4. The van der Waals surface area contributed by atoms with E-state index < -0.39 is 70.7 Å². The van der Waals surface area contributed by atoms with Crippen molar-refractivity contribution >= 4 is 83.7 Å². The Hall–Kier alpha value is -6.08. The normalized spacial score (nSPS) is 19.2. The van der Waals surface area contributed by atoms with Crippen LogP contribution in [0, 0.1) is 11.4 Å². The van der Waals surface area contributed by atoms with Gasteiger partial charge in [-0.1, -0.05) is 61.4 Å². The van der Waals surface area contributed by atoms with Gasteiger partial charge < -0.3 is 20.4 Å². The number of nitrogens with zero attached hydrogens (tertiary/aromatic N) is 5. The van der Waals surface area contributed by atoms with Crippen LogP contribution >= 0.6 is 23.4 Å². The first-order chi connectivity index (χ1) is 39.0. The number of hydrogen-bond donors (Lipinski definition) is 4. The molecule has 82 heavy (non-hydrogen) atoms. The second-order valence-electron chi connectivity index (χ2n) is 21.9. The van der Waals surface area contributed by atoms with Gasteiger partial charge in [0.15, 0.2) is 0 Å². The molecule has 1 aromatic heterocycles. The average Bonchev–Trinajstić information content (AvgIpc) is 3.57. The molecular weight excluding hydrogens is 1140 g/mol. The van der Waals surface area contributed by atoms with E-state index in [1.807, 2.05) is 47.2 Å². The number of nitrogens with one attached hydrogen (secondary N) is 4. The number of piperazine rings is 2. The maximum Gasteiger partial charge on any atom is 0.501 e. The lowest BCUT2D eigenvalue weighted by molar-refractivity contribution is -0.133. The number of carbonyl (C=O) groups is 3. The molecule has 3 fully saturated rings. The predicted molar refractivity (Wildman–Crippen MR) is 310 cm³/mol. The topological polar surface area (TPSA) is 193 Å². The summed E-state index contributed by atoms with van der Waals surface area (Å²) in [6.07, 6.45) is 3.80. The van der Waals surface area contributed by atoms with E-state index in [0.29, 0.717) is 75.4 Å². The highest BCUT2D eigenvalue weighted by atomic mass is 35.5. The summed E-state index contributed by atoms with van der Waals surface area (Å²) in [4.78, 5) is 49.2. The quantitative estimate of drug-likeness (QED) is 0.0249. The molecule has 3 amide bonds. The van der Waals surface area contributed by atoms with Crippen LogP contribution < -0.4 is 25.6 Å². The monoisotopic (exact) mass is 1210 g/mol. The zero-order valence-electron chi connectivity index (χ0n) is 45.5. The number of allylic oxidation sites excluding steroid dienone is 1. The fraction of sp³-hybridized carbons (Fsp3) is 0.414. The van der Waals surface area contributed by atoms with Crippen LogP contribution in [0.25, 0.3) is 5.57 Å². The number of imide groups is 1. The molecule has 2 atom stereocenters. The maximum atomic E-state index is 14.5. The third-order valence-corrected chi connectivity index (χ3v) is 19.7. The lowest BCUT2D eigenvalue weighted by Gasteiger charge is -2.39. The van der Waals surface area contributed by atoms with Gasteiger partial charge in [0.2, 0.25) is 17.8 Å². The number of piperidine rings is 1. The van der Waals surface area contributed by atoms with Crippen molar-refractivity contribution in [3.05, 3.63) is 142 Å². The summed E-state index contributed by atoms with van der Waals surface area (Å²) in [5.74, 6) is -2.21. The molecule has 0 bridgehead atoms. The number of thioether (sulfide) groups is 1. The third kappa shape index (κ3) is 15.4. The number of sulfonamides is 1. The summed E-state index contributed by atoms with van der Waals surface area (Å²) in [5.41, 5.74) is -0.629. The number of alkyl halides is 3. The smallest absolute Gasteiger partial charge is 0.380 e. The fourth-order valence-corrected chi connectivity index (χ4v) is 13.9. The standard InChI is InChI=1S/C58H66ClF4N9O7S3/c1-57(2)24-22-48(39-8-13-43(59)14-9-39)42(35-57)37-71-30-32-72(33-31-71)45-15-10-40(11-16-45)55(74)68-82(78,79)47-17-18-49(51(34-47)81(76,77)58(61,62)63)64-44(38-80-46-6-4-3-5-7-46)23-25-69-26-28-70(29-27-69)36-41-12-20-52(60)66-54(41)65-50-19-21-53(73)67-56(50)75/h3-18,20,34,44,50,64H,19,21-33,35-38H2,1-2H3,(H,65,66)(H,68,74)(H,67,73,75)/t44-,50?/m1/s1. The van der Waals surface area contributed by atoms with E-state index in [4.69, 9.17) is 11.6 Å². The van der Waals surface area contributed by atoms with E-state index in [-0.39, 0.29) is 41.3 Å². The minimum atomic E-state index is -6.16. The van der Waals surface area contributed by atoms with Crippen LogP contribution in [0.4, 0.5) is 34.8 Å². The first-order valence-corrected chi connectivity index (χ1v) is 31.5. The van der Waals surface area contributed by atoms with Crippen molar-refractivity contribution in [2.45, 2.75) is 91.2 Å². The molecule has 3 saturated heterocycles. The van der Waals surface area contributed by atoms with Crippen molar-refractivity contribution in [2.75, 3.05) is 86.7 Å². The van der Waals surface area contributed by atoms with Crippen LogP contribution in [0.1, 0.15) is 73.9 Å². The Bertz CT molecular complexity index is 3380. The lowest BCUT2D eigenvalue weighted by atomic mass is 9.73. The Morgan fingerprint density at radius 2 is 1.50 bits per heavy atom. The van der Waals surface area contributed by atoms with Crippen molar-refractivity contribution < 1.29 is 48.8 Å². The Balaban J connectivity index is 0.836. The largest absolute Gasteiger partial charge is 0.501 e. The number of aromatic nitrogens is 1. The van der Waals surface area contributed by atoms with Gasteiger partial charge in [-0.3, -0.25) is 29.5 Å². The molecule has 9 rings (SSSR count). The molecule has 1 unspecified atom stereocenters. The predicted octanol–water partition coefficient (Wildman–Crippen LogP) is 9.07. The number of sulfone groups is 1. The number of anilines is 3. The van der Waals surface area contributed by atoms with E-state index in [2.05, 4.69) is 66.5 Å². The highest BCUT2D eigenvalue weighted by Crippen LogP contribution is 2.43. The van der Waals surface area contributed by atoms with Crippen molar-refractivity contribution in [2.24, 2.45) is 5.41 Å². The van der Waals surface area contributed by atoms with E-state index in [1.54, 1.807) is 18.2 Å². The van der Waals surface area contributed by atoms with Gasteiger partial charge in [-0.15, -0.1) is 11.8 Å². The molecule has 4 heterocycles. The summed E-state index contributed by atoms with van der Waals surface area (Å²) in [6, 6.07) is 27.4. The van der Waals surface area contributed by atoms with Gasteiger partial charge in [0.05, 0.1) is 10.6 Å². The van der Waals surface area contributed by atoms with E-state index in [0.717, 1.165) is 61.6 Å². The Labute approximate surface area is 485 Å². The van der Waals surface area contributed by atoms with Crippen molar-refractivity contribution in [1.82, 2.24) is 29.7 Å². The molecule has 1 aliphatic carbocycles. The van der Waals surface area contributed by atoms with Gasteiger partial charge in [0.1, 0.15) is 16.8 Å². The minimum Gasteiger partial charge on any atom is -0.380 e. The molecule has 438 valence electrons. The maximum absolute atomic E-state index is 14.5. The van der Waals surface area contributed by atoms with Crippen LogP contribution in [0.3, 0.4) is 0 Å². The van der Waals surface area contributed by atoms with Crippen LogP contribution in [-0.4, -0.2) is 143 Å². The van der Waals surface area contributed by atoms with Crippen LogP contribution in [0.2, 0.25) is 5.02 Å². The lowest BCUT2D eigenvalue weighted by Crippen LogP contribution is -2.48. The number of hydrogen-bond acceptors (Lipinski definition) is 15. The zero-order chi connectivity index (χ0) is 58.4. The molecule has 24 heteroatoms. The number of amides is 3. The second kappa shape index (κ2) is 25.8. The van der Waals surface area contributed by atoms with Gasteiger partial charge in [-0.2, -0.15) is 17.6 Å². The van der Waals surface area contributed by atoms with Gasteiger partial charge in [-0.25, -0.2) is 26.5 Å². The zero-order valence-corrected chi connectivity index (χ0v) is 48.7. The van der Waals surface area contributed by atoms with Crippen molar-refractivity contribution in [3.8, 4) is 0 Å². The summed E-state index contributed by atoms with van der Waals surface area (Å²) >= 11 is 7.61. The highest BCUT2D eigenvalue weighted by molar-refractivity contribution is 7.99. The molecule has 4 N–H and O–H groups in total. The van der Waals surface area contributed by atoms with Crippen LogP contribution in [-0.2, 0) is 36.0 Å². The minimum absolute atomic E-state index is 0.0345. The Morgan fingerprint density at radius 1 is 0.829 bits per heavy atom. The Kier molecular flexibility index (Phi) is 19.1. The summed E-state index contributed by atoms with van der Waals surface area (Å²) in [7, 11) is -11.1. The van der Waals surface area contributed by atoms with E-state index in [9.17, 15) is 48.8 Å². The van der Waals surface area contributed by atoms with Gasteiger partial charge in [-0.05, 0) is 128 Å². The fourth-order valence-electron chi connectivity index (χ4n) is 10.8. The van der Waals surface area contributed by atoms with Gasteiger partial charge in [0, 0.05) is 117 Å². The van der Waals surface area contributed by atoms with Crippen molar-refractivity contribution in [1.29, 1.82) is 0 Å². The highest BCUT2D eigenvalue weighted by Gasteiger charge is 2.48. The molecular formula is C58H66ClF4N9O7S3. The van der Waals surface area contributed by atoms with Crippen LogP contribution in [0.15, 0.2) is 129 Å². The second-order valence-corrected chi connectivity index (χ2v) is 27.1. The van der Waals surface area contributed by atoms with Crippen LogP contribution in [0.5, 0.6) is 0 Å². The van der Waals surface area contributed by atoms with Crippen molar-refractivity contribution in [3.63, 3.8) is 0 Å². The first-order valence-electron chi connectivity index (χ1n) is 27.2. The number of carbonyl (C=O) groups excluding carboxylic acids is 3. The van der Waals surface area contributed by atoms with E-state index in [1.165, 1.54) is 46.7 Å². The number of pyridine rings is 1. The summed E-state index contributed by atoms with van der Waals surface area (Å²) < 4.78 is 114. The molecule has 3 aliphatic heterocycles. The SMILES string of the molecule is CC1(C)CCC(c2ccc(Cl)cc2)=C(CN2CCN(c3ccc(C(=O)NS(=O)(=O)c4ccc(N[C@H](CCN5CCN(Cc6ccc(F)nc6NC6CCC(=O)NC6=O)CC5)CSc5ccccc5)c(S(=O)(=O)C(F)(F)F)c4)cc3)CC2)C1. The molecule has 4 aliphatic rings. The molecule has 5 aromatic rings. The molecule has 0 spiro atoms. The molecule has 4 aromatic carbocycles. The first kappa shape index (κ1) is 60.5. The summed E-state index contributed by atoms with van der Waals surface area (Å²) in [6.45, 7) is 11.6. The molecule has 0 radical (unpaired) electrons. The number of benzene rings is 4. The average molecular weight is 1210 g/mol. The Morgan fingerprint density at radius 3 is 2.18 bits per heavy atom. The molecule has 16 nitrogen and oxygen atoms in total.